The largest absolute Gasteiger partial charge is 0.357 e. The molecule has 5 nitrogen and oxygen atoms in total. The summed E-state index contributed by atoms with van der Waals surface area (Å²) >= 11 is 1.99. The van der Waals surface area contributed by atoms with Crippen molar-refractivity contribution in [3.05, 3.63) is 18.2 Å². The number of halogens is 3. The van der Waals surface area contributed by atoms with Crippen LogP contribution in [0.2, 0.25) is 0 Å². The summed E-state index contributed by atoms with van der Waals surface area (Å²) < 4.78 is 26.6. The fraction of sp³-hybridized carbons (Fsp3) is 0.733. The first-order valence-corrected chi connectivity index (χ1v) is 9.02. The van der Waals surface area contributed by atoms with Gasteiger partial charge < -0.3 is 10.2 Å². The molecule has 1 fully saturated rings. The highest BCUT2D eigenvalue weighted by Gasteiger charge is 2.25. The van der Waals surface area contributed by atoms with Gasteiger partial charge in [0, 0.05) is 43.0 Å². The second-order valence-electron chi connectivity index (χ2n) is 5.80. The highest BCUT2D eigenvalue weighted by molar-refractivity contribution is 14.0. The summed E-state index contributed by atoms with van der Waals surface area (Å²) in [7, 11) is 0. The molecule has 0 bridgehead atoms. The van der Waals surface area contributed by atoms with Crippen LogP contribution in [-0.4, -0.2) is 51.0 Å². The average molecular weight is 473 g/mol. The van der Waals surface area contributed by atoms with Gasteiger partial charge in [0.15, 0.2) is 5.96 Å². The second kappa shape index (κ2) is 10.4. The lowest BCUT2D eigenvalue weighted by atomic mass is 10.1. The van der Waals surface area contributed by atoms with Crippen molar-refractivity contribution in [3.63, 3.8) is 0 Å². The number of hydrogen-bond donors (Lipinski definition) is 1. The van der Waals surface area contributed by atoms with Crippen molar-refractivity contribution in [3.8, 4) is 0 Å². The average Bonchev–Trinajstić information content (AvgIpc) is 3.00. The Labute approximate surface area is 163 Å². The first-order chi connectivity index (χ1) is 11.0. The zero-order valence-corrected chi connectivity index (χ0v) is 17.4. The molecule has 1 N–H and O–H groups in total. The number of nitrogens with zero attached hydrogens (tertiary/aromatic N) is 4. The number of rotatable bonds is 5. The van der Waals surface area contributed by atoms with E-state index < -0.39 is 6.55 Å². The van der Waals surface area contributed by atoms with Gasteiger partial charge in [-0.15, -0.1) is 24.0 Å². The van der Waals surface area contributed by atoms with Gasteiger partial charge in [0.1, 0.15) is 12.4 Å². The van der Waals surface area contributed by atoms with E-state index in [1.54, 1.807) is 0 Å². The number of thioether (sulfide) groups is 1. The minimum absolute atomic E-state index is 0. The van der Waals surface area contributed by atoms with Gasteiger partial charge >= 0.3 is 6.55 Å². The van der Waals surface area contributed by atoms with Crippen LogP contribution in [0.5, 0.6) is 0 Å². The molecule has 1 unspecified atom stereocenters. The first-order valence-electron chi connectivity index (χ1n) is 7.97. The highest BCUT2D eigenvalue weighted by Crippen LogP contribution is 2.25. The van der Waals surface area contributed by atoms with E-state index in [0.29, 0.717) is 11.2 Å². The molecule has 0 aromatic carbocycles. The first kappa shape index (κ1) is 21.5. The van der Waals surface area contributed by atoms with E-state index in [1.165, 1.54) is 12.4 Å². The molecule has 0 saturated carbocycles. The minimum Gasteiger partial charge on any atom is -0.357 e. The Balaban J connectivity index is 0.00000288. The third-order valence-electron chi connectivity index (χ3n) is 3.80. The van der Waals surface area contributed by atoms with E-state index in [-0.39, 0.29) is 36.3 Å². The summed E-state index contributed by atoms with van der Waals surface area (Å²) in [6, 6.07) is 0. The van der Waals surface area contributed by atoms with Crippen LogP contribution >= 0.6 is 35.7 Å². The van der Waals surface area contributed by atoms with Crippen molar-refractivity contribution in [1.29, 1.82) is 0 Å². The fourth-order valence-electron chi connectivity index (χ4n) is 2.49. The van der Waals surface area contributed by atoms with E-state index in [4.69, 9.17) is 0 Å². The van der Waals surface area contributed by atoms with Gasteiger partial charge in [-0.25, -0.2) is 9.98 Å². The maximum atomic E-state index is 12.9. The summed E-state index contributed by atoms with van der Waals surface area (Å²) in [5.74, 6) is 2.71. The van der Waals surface area contributed by atoms with Crippen LogP contribution in [-0.2, 0) is 6.54 Å². The van der Waals surface area contributed by atoms with Gasteiger partial charge in [0.25, 0.3) is 0 Å². The molecular weight excluding hydrogens is 447 g/mol. The molecule has 138 valence electrons. The SMILES string of the molecule is CCNC(=NCc1nccn1C(F)F)N1CCSC(C(C)C)C1.I. The predicted octanol–water partition coefficient (Wildman–Crippen LogP) is 3.44. The summed E-state index contributed by atoms with van der Waals surface area (Å²) in [5.41, 5.74) is 0. The third kappa shape index (κ3) is 5.75. The van der Waals surface area contributed by atoms with Gasteiger partial charge in [0.2, 0.25) is 0 Å². The summed E-state index contributed by atoms with van der Waals surface area (Å²) in [4.78, 5) is 10.7. The number of imidazole rings is 1. The van der Waals surface area contributed by atoms with E-state index in [2.05, 4.69) is 34.0 Å². The van der Waals surface area contributed by atoms with Crippen molar-refractivity contribution in [2.75, 3.05) is 25.4 Å². The quantitative estimate of drug-likeness (QED) is 0.405. The van der Waals surface area contributed by atoms with Crippen LogP contribution in [0.1, 0.15) is 33.1 Å². The molecule has 2 rings (SSSR count). The second-order valence-corrected chi connectivity index (χ2v) is 7.14. The number of nitrogens with one attached hydrogen (secondary N) is 1. The number of guanidine groups is 1. The van der Waals surface area contributed by atoms with Crippen LogP contribution in [0.25, 0.3) is 0 Å². The lowest BCUT2D eigenvalue weighted by molar-refractivity contribution is 0.0671. The van der Waals surface area contributed by atoms with Crippen LogP contribution < -0.4 is 5.32 Å². The molecule has 24 heavy (non-hydrogen) atoms. The van der Waals surface area contributed by atoms with Crippen molar-refractivity contribution in [1.82, 2.24) is 19.8 Å². The summed E-state index contributed by atoms with van der Waals surface area (Å²) in [5, 5.41) is 3.83. The Morgan fingerprint density at radius 2 is 2.25 bits per heavy atom. The molecule has 1 aromatic heterocycles. The normalized spacial score (nSPS) is 18.9. The standard InChI is InChI=1S/C15H25F2N5S.HI/c1-4-18-15(21-7-8-23-12(10-21)11(2)3)20-9-13-19-5-6-22(13)14(16)17;/h5-6,11-12,14H,4,7-10H2,1-3H3,(H,18,20);1H. The molecule has 1 aromatic rings. The van der Waals surface area contributed by atoms with Crippen molar-refractivity contribution < 1.29 is 8.78 Å². The number of aromatic nitrogens is 2. The molecule has 9 heteroatoms. The molecule has 1 atom stereocenters. The Morgan fingerprint density at radius 3 is 2.88 bits per heavy atom. The van der Waals surface area contributed by atoms with Gasteiger partial charge in [-0.1, -0.05) is 13.8 Å². The van der Waals surface area contributed by atoms with Gasteiger partial charge in [-0.2, -0.15) is 20.5 Å². The molecule has 0 aliphatic carbocycles. The molecule has 0 spiro atoms. The molecule has 1 aliphatic heterocycles. The Kier molecular flexibility index (Phi) is 9.32. The number of alkyl halides is 2. The highest BCUT2D eigenvalue weighted by atomic mass is 127. The molecule has 0 radical (unpaired) electrons. The molecule has 1 aliphatic rings. The van der Waals surface area contributed by atoms with E-state index in [1.807, 2.05) is 18.7 Å². The molecule has 2 heterocycles. The van der Waals surface area contributed by atoms with Gasteiger partial charge in [-0.3, -0.25) is 4.57 Å². The third-order valence-corrected chi connectivity index (χ3v) is 5.34. The lowest BCUT2D eigenvalue weighted by Gasteiger charge is -2.36. The smallest absolute Gasteiger partial charge is 0.319 e. The lowest BCUT2D eigenvalue weighted by Crippen LogP contribution is -2.49. The fourth-order valence-corrected chi connectivity index (χ4v) is 3.79. The summed E-state index contributed by atoms with van der Waals surface area (Å²) in [6.07, 6.45) is 2.67. The monoisotopic (exact) mass is 473 g/mol. The zero-order valence-electron chi connectivity index (χ0n) is 14.3. The zero-order chi connectivity index (χ0) is 16.8. The maximum absolute atomic E-state index is 12.9. The maximum Gasteiger partial charge on any atom is 0.319 e. The number of aliphatic imine (C=N–C) groups is 1. The van der Waals surface area contributed by atoms with Crippen LogP contribution in [0.4, 0.5) is 8.78 Å². The molecular formula is C15H26F2IN5S. The van der Waals surface area contributed by atoms with E-state index in [9.17, 15) is 8.78 Å². The van der Waals surface area contributed by atoms with Crippen LogP contribution in [0, 0.1) is 5.92 Å². The van der Waals surface area contributed by atoms with Crippen LogP contribution in [0.3, 0.4) is 0 Å². The number of hydrogen-bond acceptors (Lipinski definition) is 3. The molecule has 0 amide bonds. The molecule has 1 saturated heterocycles. The van der Waals surface area contributed by atoms with E-state index >= 15 is 0 Å². The predicted molar refractivity (Wildman–Crippen MR) is 106 cm³/mol. The van der Waals surface area contributed by atoms with Gasteiger partial charge in [0.05, 0.1) is 0 Å². The Bertz CT molecular complexity index is 524. The van der Waals surface area contributed by atoms with Crippen molar-refractivity contribution in [2.24, 2.45) is 10.9 Å². The minimum atomic E-state index is -2.58. The van der Waals surface area contributed by atoms with Crippen molar-refractivity contribution >= 4 is 41.7 Å². The summed E-state index contributed by atoms with van der Waals surface area (Å²) in [6.45, 7) is 6.62. The van der Waals surface area contributed by atoms with Crippen LogP contribution in [0.15, 0.2) is 17.4 Å². The van der Waals surface area contributed by atoms with E-state index in [0.717, 1.165) is 35.9 Å². The van der Waals surface area contributed by atoms with Gasteiger partial charge in [-0.05, 0) is 12.8 Å². The Hall–Kier alpha value is -0.580. The van der Waals surface area contributed by atoms with Crippen molar-refractivity contribution in [2.45, 2.75) is 39.1 Å². The topological polar surface area (TPSA) is 45.5 Å². The Morgan fingerprint density at radius 1 is 1.50 bits per heavy atom.